The number of aliphatic carboxylic acids is 1. The number of nitrogens with one attached hydrogen (secondary N) is 4. The van der Waals surface area contributed by atoms with Gasteiger partial charge in [-0.25, -0.2) is 14.4 Å². The van der Waals surface area contributed by atoms with E-state index in [9.17, 15) is 24.0 Å². The highest BCUT2D eigenvalue weighted by Crippen LogP contribution is 2.21. The summed E-state index contributed by atoms with van der Waals surface area (Å²) in [4.78, 5) is 60.7. The van der Waals surface area contributed by atoms with E-state index in [0.717, 1.165) is 0 Å². The average molecular weight is 723 g/mol. The van der Waals surface area contributed by atoms with Crippen molar-refractivity contribution in [2.45, 2.75) is 110 Å². The standard InChI is InChI=1S/C33H62N4O13/c1-30(2,3)48-27(41)34-14-11-33(12-15-35-28(42)49-31(4,5)6,13-16-36-29(43)50-32(7,8)9)37-25(38)24-47-23-22-46-21-20-45-19-18-44-17-10-26(39)40/h10-24H2,1-9H3,(H,34,41)(H,35,42)(H,36,43)(H,37,38)(H,39,40). The minimum atomic E-state index is -1.02. The molecule has 0 spiro atoms. The Morgan fingerprint density at radius 2 is 0.820 bits per heavy atom. The van der Waals surface area contributed by atoms with Gasteiger partial charge >= 0.3 is 24.2 Å². The molecule has 0 aromatic carbocycles. The first-order valence-corrected chi connectivity index (χ1v) is 16.9. The predicted octanol–water partition coefficient (Wildman–Crippen LogP) is 3.13. The van der Waals surface area contributed by atoms with Crippen molar-refractivity contribution in [3.63, 3.8) is 0 Å². The molecule has 0 unspecified atom stereocenters. The molecule has 0 radical (unpaired) electrons. The molecule has 0 rings (SSSR count). The van der Waals surface area contributed by atoms with Crippen molar-refractivity contribution < 1.29 is 62.2 Å². The van der Waals surface area contributed by atoms with Crippen LogP contribution in [0.2, 0.25) is 0 Å². The first-order chi connectivity index (χ1) is 23.1. The van der Waals surface area contributed by atoms with Gasteiger partial charge in [-0.3, -0.25) is 9.59 Å². The van der Waals surface area contributed by atoms with Gasteiger partial charge in [0.2, 0.25) is 5.91 Å². The van der Waals surface area contributed by atoms with E-state index in [-0.39, 0.29) is 85.0 Å². The lowest BCUT2D eigenvalue weighted by Gasteiger charge is -2.36. The summed E-state index contributed by atoms with van der Waals surface area (Å²) in [6.45, 7) is 17.3. The average Bonchev–Trinajstić information content (AvgIpc) is 2.92. The van der Waals surface area contributed by atoms with Gasteiger partial charge in [-0.1, -0.05) is 0 Å². The van der Waals surface area contributed by atoms with Crippen LogP contribution >= 0.6 is 0 Å². The lowest BCUT2D eigenvalue weighted by molar-refractivity contribution is -0.138. The molecule has 0 aromatic rings. The minimum absolute atomic E-state index is 0.0654. The SMILES string of the molecule is CC(C)(C)OC(=O)NCCC(CCNC(=O)OC(C)(C)C)(CCNC(=O)OC(C)(C)C)NC(=O)COCCOCCOCCOCCC(=O)O. The second-order valence-electron chi connectivity index (χ2n) is 14.4. The summed E-state index contributed by atoms with van der Waals surface area (Å²) in [5.74, 6) is -1.38. The van der Waals surface area contributed by atoms with Gasteiger partial charge in [0.25, 0.3) is 0 Å². The van der Waals surface area contributed by atoms with E-state index in [1.165, 1.54) is 0 Å². The minimum Gasteiger partial charge on any atom is -0.481 e. The maximum Gasteiger partial charge on any atom is 0.407 e. The summed E-state index contributed by atoms with van der Waals surface area (Å²) >= 11 is 0. The molecule has 17 nitrogen and oxygen atoms in total. The summed E-state index contributed by atoms with van der Waals surface area (Å²) in [6, 6.07) is 0. The van der Waals surface area contributed by atoms with Crippen LogP contribution in [0.15, 0.2) is 0 Å². The van der Waals surface area contributed by atoms with Crippen molar-refractivity contribution >= 4 is 30.2 Å². The molecule has 17 heteroatoms. The van der Waals surface area contributed by atoms with E-state index in [0.29, 0.717) is 13.2 Å². The molecule has 0 fully saturated rings. The number of carbonyl (C=O) groups excluding carboxylic acids is 4. The maximum absolute atomic E-state index is 13.2. The summed E-state index contributed by atoms with van der Waals surface area (Å²) in [5.41, 5.74) is -3.16. The van der Waals surface area contributed by atoms with E-state index >= 15 is 0 Å². The molecule has 0 aromatic heterocycles. The normalized spacial score (nSPS) is 12.1. The van der Waals surface area contributed by atoms with Crippen LogP contribution in [0.3, 0.4) is 0 Å². The second-order valence-corrected chi connectivity index (χ2v) is 14.4. The van der Waals surface area contributed by atoms with Gasteiger partial charge in [-0.15, -0.1) is 0 Å². The lowest BCUT2D eigenvalue weighted by Crippen LogP contribution is -2.54. The van der Waals surface area contributed by atoms with Crippen LogP contribution in [0.4, 0.5) is 14.4 Å². The van der Waals surface area contributed by atoms with Crippen LogP contribution in [0.5, 0.6) is 0 Å². The number of hydrogen-bond acceptors (Lipinski definition) is 12. The van der Waals surface area contributed by atoms with Crippen LogP contribution in [-0.4, -0.2) is 130 Å². The summed E-state index contributed by atoms with van der Waals surface area (Å²) in [7, 11) is 0. The van der Waals surface area contributed by atoms with Crippen LogP contribution in [0.1, 0.15) is 88.0 Å². The molecule has 0 aliphatic carbocycles. The molecule has 0 atom stereocenters. The molecule has 50 heavy (non-hydrogen) atoms. The number of amides is 4. The Balaban J connectivity index is 5.28. The fourth-order valence-electron chi connectivity index (χ4n) is 4.03. The number of carboxylic acid groups (broad SMARTS) is 1. The highest BCUT2D eigenvalue weighted by atomic mass is 16.6. The van der Waals surface area contributed by atoms with Crippen LogP contribution in [0, 0.1) is 0 Å². The highest BCUT2D eigenvalue weighted by molar-refractivity contribution is 5.78. The van der Waals surface area contributed by atoms with Gasteiger partial charge in [0, 0.05) is 25.2 Å². The molecule has 0 saturated heterocycles. The zero-order valence-electron chi connectivity index (χ0n) is 31.5. The summed E-state index contributed by atoms with van der Waals surface area (Å²) < 4.78 is 37.5. The van der Waals surface area contributed by atoms with Gasteiger partial charge in [0.15, 0.2) is 0 Å². The fourth-order valence-corrected chi connectivity index (χ4v) is 4.03. The molecule has 0 bridgehead atoms. The Kier molecular flexibility index (Phi) is 22.3. The van der Waals surface area contributed by atoms with Gasteiger partial charge in [0.05, 0.1) is 52.7 Å². The largest absolute Gasteiger partial charge is 0.481 e. The Morgan fingerprint density at radius 1 is 0.500 bits per heavy atom. The number of carbonyl (C=O) groups is 5. The van der Waals surface area contributed by atoms with E-state index in [1.54, 1.807) is 62.3 Å². The zero-order chi connectivity index (χ0) is 38.3. The van der Waals surface area contributed by atoms with E-state index in [2.05, 4.69) is 21.3 Å². The highest BCUT2D eigenvalue weighted by Gasteiger charge is 2.33. The number of hydrogen-bond donors (Lipinski definition) is 5. The molecule has 4 amide bonds. The Bertz CT molecular complexity index is 937. The number of carboxylic acids is 1. The fraction of sp³-hybridized carbons (Fsp3) is 0.848. The molecule has 0 aliphatic heterocycles. The monoisotopic (exact) mass is 722 g/mol. The first kappa shape index (κ1) is 46.6. The van der Waals surface area contributed by atoms with Gasteiger partial charge in [0.1, 0.15) is 23.4 Å². The molecule has 292 valence electrons. The topological polar surface area (TPSA) is 218 Å². The second kappa shape index (κ2) is 23.9. The number of alkyl carbamates (subject to hydrolysis) is 3. The summed E-state index contributed by atoms with van der Waals surface area (Å²) in [6.07, 6.45) is -1.30. The Hall–Kier alpha value is -3.41. The molecular weight excluding hydrogens is 660 g/mol. The quantitative estimate of drug-likeness (QED) is 0.0716. The maximum atomic E-state index is 13.2. The Labute approximate surface area is 296 Å². The zero-order valence-corrected chi connectivity index (χ0v) is 31.5. The lowest BCUT2D eigenvalue weighted by atomic mass is 9.87. The number of ether oxygens (including phenoxy) is 7. The van der Waals surface area contributed by atoms with Crippen molar-refractivity contribution in [1.82, 2.24) is 21.3 Å². The van der Waals surface area contributed by atoms with Gasteiger partial charge < -0.3 is 59.5 Å². The first-order valence-electron chi connectivity index (χ1n) is 16.9. The van der Waals surface area contributed by atoms with Crippen LogP contribution < -0.4 is 21.3 Å². The molecule has 0 aliphatic rings. The third-order valence-corrected chi connectivity index (χ3v) is 6.03. The smallest absolute Gasteiger partial charge is 0.407 e. The third kappa shape index (κ3) is 29.5. The molecule has 0 saturated carbocycles. The van der Waals surface area contributed by atoms with Crippen molar-refractivity contribution in [2.75, 3.05) is 72.5 Å². The van der Waals surface area contributed by atoms with Gasteiger partial charge in [-0.05, 0) is 81.6 Å². The van der Waals surface area contributed by atoms with E-state index < -0.39 is 52.5 Å². The molecule has 0 heterocycles. The van der Waals surface area contributed by atoms with Gasteiger partial charge in [-0.2, -0.15) is 0 Å². The number of rotatable bonds is 24. The van der Waals surface area contributed by atoms with Crippen molar-refractivity contribution in [1.29, 1.82) is 0 Å². The van der Waals surface area contributed by atoms with Crippen LogP contribution in [-0.2, 0) is 42.7 Å². The van der Waals surface area contributed by atoms with Crippen molar-refractivity contribution in [2.24, 2.45) is 0 Å². The predicted molar refractivity (Wildman–Crippen MR) is 183 cm³/mol. The van der Waals surface area contributed by atoms with E-state index in [1.807, 2.05) is 0 Å². The molecular formula is C33H62N4O13. The van der Waals surface area contributed by atoms with Crippen LogP contribution in [0.25, 0.3) is 0 Å². The molecule has 5 N–H and O–H groups in total. The van der Waals surface area contributed by atoms with E-state index in [4.69, 9.17) is 38.3 Å². The Morgan fingerprint density at radius 3 is 1.14 bits per heavy atom. The summed E-state index contributed by atoms with van der Waals surface area (Å²) in [5, 5.41) is 19.7. The van der Waals surface area contributed by atoms with Crippen molar-refractivity contribution in [3.05, 3.63) is 0 Å². The third-order valence-electron chi connectivity index (χ3n) is 6.03. The van der Waals surface area contributed by atoms with Crippen molar-refractivity contribution in [3.8, 4) is 0 Å².